The summed E-state index contributed by atoms with van der Waals surface area (Å²) in [5, 5.41) is 5.57. The second-order valence-corrected chi connectivity index (χ2v) is 5.27. The average Bonchev–Trinajstić information content (AvgIpc) is 2.87. The van der Waals surface area contributed by atoms with Crippen molar-refractivity contribution in [2.24, 2.45) is 11.1 Å². The third-order valence-corrected chi connectivity index (χ3v) is 4.07. The van der Waals surface area contributed by atoms with Gasteiger partial charge in [0.2, 0.25) is 11.8 Å². The zero-order chi connectivity index (χ0) is 12.5. The molecule has 2 fully saturated rings. The Morgan fingerprint density at radius 2 is 2.12 bits per heavy atom. The minimum Gasteiger partial charge on any atom is -0.392 e. The smallest absolute Gasteiger partial charge is 0.233 e. The first kappa shape index (κ1) is 12.3. The van der Waals surface area contributed by atoms with Gasteiger partial charge in [-0.1, -0.05) is 25.1 Å². The minimum atomic E-state index is -0.680. The van der Waals surface area contributed by atoms with Crippen molar-refractivity contribution in [2.45, 2.75) is 38.1 Å². The van der Waals surface area contributed by atoms with Crippen molar-refractivity contribution in [3.8, 4) is 0 Å². The molecule has 2 rings (SSSR count). The molecule has 94 valence electrons. The monoisotopic (exact) mass is 255 g/mol. The van der Waals surface area contributed by atoms with Crippen LogP contribution in [0.25, 0.3) is 0 Å². The lowest BCUT2D eigenvalue weighted by atomic mass is 9.85. The molecule has 0 radical (unpaired) electrons. The molecule has 5 nitrogen and oxygen atoms in total. The second kappa shape index (κ2) is 4.60. The van der Waals surface area contributed by atoms with Gasteiger partial charge in [-0.25, -0.2) is 0 Å². The van der Waals surface area contributed by atoms with Gasteiger partial charge in [-0.2, -0.15) is 0 Å². The fraction of sp³-hybridized carbons (Fsp3) is 0.727. The van der Waals surface area contributed by atoms with Gasteiger partial charge in [0.1, 0.15) is 0 Å². The summed E-state index contributed by atoms with van der Waals surface area (Å²) in [5.74, 6) is -0.130. The molecule has 2 amide bonds. The molecule has 1 unspecified atom stereocenters. The number of thiocarbonyl (C=S) groups is 1. The van der Waals surface area contributed by atoms with Crippen molar-refractivity contribution in [1.82, 2.24) is 10.6 Å². The highest BCUT2D eigenvalue weighted by atomic mass is 32.1. The van der Waals surface area contributed by atoms with Crippen LogP contribution in [0.4, 0.5) is 0 Å². The van der Waals surface area contributed by atoms with Crippen LogP contribution in [-0.4, -0.2) is 29.4 Å². The predicted octanol–water partition coefficient (Wildman–Crippen LogP) is -0.162. The Bertz CT molecular complexity index is 364. The summed E-state index contributed by atoms with van der Waals surface area (Å²) in [6.07, 6.45) is 3.75. The maximum atomic E-state index is 12.3. The highest BCUT2D eigenvalue weighted by Gasteiger charge is 2.44. The van der Waals surface area contributed by atoms with E-state index in [2.05, 4.69) is 10.6 Å². The average molecular weight is 255 g/mol. The highest BCUT2D eigenvalue weighted by Crippen LogP contribution is 2.38. The first-order chi connectivity index (χ1) is 8.04. The maximum Gasteiger partial charge on any atom is 0.233 e. The van der Waals surface area contributed by atoms with Crippen LogP contribution in [0.3, 0.4) is 0 Å². The van der Waals surface area contributed by atoms with E-state index in [-0.39, 0.29) is 22.8 Å². The molecule has 1 heterocycles. The third-order valence-electron chi connectivity index (χ3n) is 3.68. The summed E-state index contributed by atoms with van der Waals surface area (Å²) in [5.41, 5.74) is 5.04. The summed E-state index contributed by atoms with van der Waals surface area (Å²) in [7, 11) is 0. The molecule has 0 aromatic carbocycles. The van der Waals surface area contributed by atoms with E-state index in [0.29, 0.717) is 13.0 Å². The Balaban J connectivity index is 2.02. The summed E-state index contributed by atoms with van der Waals surface area (Å²) < 4.78 is 0. The van der Waals surface area contributed by atoms with Crippen molar-refractivity contribution >= 4 is 29.0 Å². The Labute approximate surface area is 105 Å². The molecule has 2 aliphatic rings. The van der Waals surface area contributed by atoms with Gasteiger partial charge in [0.15, 0.2) is 0 Å². The first-order valence-electron chi connectivity index (χ1n) is 5.92. The third kappa shape index (κ3) is 2.26. The molecule has 1 saturated carbocycles. The number of hydrogen-bond acceptors (Lipinski definition) is 3. The molecule has 6 heteroatoms. The lowest BCUT2D eigenvalue weighted by Gasteiger charge is -2.27. The number of nitrogens with one attached hydrogen (secondary N) is 2. The lowest BCUT2D eigenvalue weighted by Crippen LogP contribution is -2.50. The van der Waals surface area contributed by atoms with Gasteiger partial charge in [0, 0.05) is 13.0 Å². The first-order valence-corrected chi connectivity index (χ1v) is 6.33. The van der Waals surface area contributed by atoms with Gasteiger partial charge in [-0.15, -0.1) is 0 Å². The number of carbonyl (C=O) groups excluding carboxylic acids is 2. The van der Waals surface area contributed by atoms with E-state index >= 15 is 0 Å². The van der Waals surface area contributed by atoms with Crippen molar-refractivity contribution in [3.63, 3.8) is 0 Å². The summed E-state index contributed by atoms with van der Waals surface area (Å²) in [6.45, 7) is 0.498. The Kier molecular flexibility index (Phi) is 3.33. The van der Waals surface area contributed by atoms with E-state index in [0.717, 1.165) is 25.7 Å². The zero-order valence-electron chi connectivity index (χ0n) is 9.62. The molecule has 4 N–H and O–H groups in total. The van der Waals surface area contributed by atoms with Gasteiger partial charge in [0.25, 0.3) is 0 Å². The van der Waals surface area contributed by atoms with Gasteiger partial charge in [-0.05, 0) is 12.8 Å². The predicted molar refractivity (Wildman–Crippen MR) is 67.2 cm³/mol. The van der Waals surface area contributed by atoms with Crippen LogP contribution < -0.4 is 16.4 Å². The van der Waals surface area contributed by atoms with E-state index < -0.39 is 5.41 Å². The standard InChI is InChI=1S/C11H17N3O2S/c12-9(17)11(3-1-2-4-11)10(16)14-7-5-8(15)13-6-7/h7H,1-6H2,(H2,12,17)(H,13,15)(H,14,16). The maximum absolute atomic E-state index is 12.3. The Morgan fingerprint density at radius 1 is 1.47 bits per heavy atom. The van der Waals surface area contributed by atoms with Crippen LogP contribution in [-0.2, 0) is 9.59 Å². The van der Waals surface area contributed by atoms with E-state index in [1.807, 2.05) is 0 Å². The second-order valence-electron chi connectivity index (χ2n) is 4.83. The SMILES string of the molecule is NC(=S)C1(C(=O)NC2CNC(=O)C2)CCCC1. The van der Waals surface area contributed by atoms with E-state index in [4.69, 9.17) is 18.0 Å². The fourth-order valence-electron chi connectivity index (χ4n) is 2.59. The van der Waals surface area contributed by atoms with Crippen molar-refractivity contribution < 1.29 is 9.59 Å². The summed E-state index contributed by atoms with van der Waals surface area (Å²) >= 11 is 5.04. The molecular formula is C11H17N3O2S. The van der Waals surface area contributed by atoms with E-state index in [9.17, 15) is 9.59 Å². The van der Waals surface area contributed by atoms with Crippen LogP contribution in [0.5, 0.6) is 0 Å². The van der Waals surface area contributed by atoms with Crippen LogP contribution in [0.2, 0.25) is 0 Å². The van der Waals surface area contributed by atoms with Gasteiger partial charge in [-0.3, -0.25) is 9.59 Å². The van der Waals surface area contributed by atoms with E-state index in [1.54, 1.807) is 0 Å². The van der Waals surface area contributed by atoms with Crippen molar-refractivity contribution in [3.05, 3.63) is 0 Å². The molecule has 0 spiro atoms. The van der Waals surface area contributed by atoms with Gasteiger partial charge >= 0.3 is 0 Å². The topological polar surface area (TPSA) is 84.2 Å². The number of hydrogen-bond donors (Lipinski definition) is 3. The number of rotatable bonds is 3. The lowest BCUT2D eigenvalue weighted by molar-refractivity contribution is -0.127. The molecule has 0 aromatic rings. The normalized spacial score (nSPS) is 26.6. The highest BCUT2D eigenvalue weighted by molar-refractivity contribution is 7.80. The molecular weight excluding hydrogens is 238 g/mol. The summed E-state index contributed by atoms with van der Waals surface area (Å²) in [6, 6.07) is -0.123. The van der Waals surface area contributed by atoms with E-state index in [1.165, 1.54) is 0 Å². The number of carbonyl (C=O) groups is 2. The van der Waals surface area contributed by atoms with Crippen LogP contribution in [0.15, 0.2) is 0 Å². The van der Waals surface area contributed by atoms with Crippen LogP contribution in [0.1, 0.15) is 32.1 Å². The molecule has 1 aliphatic carbocycles. The molecule has 0 bridgehead atoms. The van der Waals surface area contributed by atoms with Crippen molar-refractivity contribution in [1.29, 1.82) is 0 Å². The zero-order valence-corrected chi connectivity index (χ0v) is 10.4. The molecule has 1 atom stereocenters. The van der Waals surface area contributed by atoms with Gasteiger partial charge < -0.3 is 16.4 Å². The molecule has 0 aromatic heterocycles. The minimum absolute atomic E-state index is 0.0221. The summed E-state index contributed by atoms with van der Waals surface area (Å²) in [4.78, 5) is 23.6. The van der Waals surface area contributed by atoms with Gasteiger partial charge in [0.05, 0.1) is 16.4 Å². The fourth-order valence-corrected chi connectivity index (χ4v) is 2.89. The van der Waals surface area contributed by atoms with Crippen LogP contribution >= 0.6 is 12.2 Å². The number of amides is 2. The van der Waals surface area contributed by atoms with Crippen LogP contribution in [0, 0.1) is 5.41 Å². The quantitative estimate of drug-likeness (QED) is 0.612. The number of nitrogens with two attached hydrogens (primary N) is 1. The Morgan fingerprint density at radius 3 is 2.59 bits per heavy atom. The largest absolute Gasteiger partial charge is 0.392 e. The van der Waals surface area contributed by atoms with Crippen molar-refractivity contribution in [2.75, 3.05) is 6.54 Å². The Hall–Kier alpha value is -1.17. The molecule has 1 saturated heterocycles. The molecule has 1 aliphatic heterocycles. The molecule has 17 heavy (non-hydrogen) atoms.